The number of anilines is 1. The van der Waals surface area contributed by atoms with Crippen LogP contribution in [0.5, 0.6) is 5.75 Å². The Bertz CT molecular complexity index is 1130. The van der Waals surface area contributed by atoms with Crippen LogP contribution in [0.3, 0.4) is 0 Å². The second-order valence-corrected chi connectivity index (χ2v) is 11.1. The van der Waals surface area contributed by atoms with Crippen molar-refractivity contribution < 1.29 is 35.9 Å². The number of nitrogens with zero attached hydrogens (tertiary/aromatic N) is 1. The number of hydrogen-bond donors (Lipinski definition) is 1. The number of carbonyl (C=O) groups excluding carboxylic acids is 2. The molecule has 218 valence electrons. The Labute approximate surface area is 255 Å². The zero-order valence-electron chi connectivity index (χ0n) is 24.1. The van der Waals surface area contributed by atoms with Crippen molar-refractivity contribution in [3.05, 3.63) is 76.2 Å². The van der Waals surface area contributed by atoms with Crippen molar-refractivity contribution in [3.63, 3.8) is 0 Å². The summed E-state index contributed by atoms with van der Waals surface area (Å²) in [6.07, 6.45) is 17.3. The average molecular weight is 630 g/mol. The molecule has 0 spiro atoms. The largest absolute Gasteiger partial charge is 1.00 e. The predicted molar refractivity (Wildman–Crippen MR) is 161 cm³/mol. The molecule has 0 saturated heterocycles. The third kappa shape index (κ3) is 11.9. The number of thiazole rings is 1. The van der Waals surface area contributed by atoms with Gasteiger partial charge in [-0.05, 0) is 37.6 Å². The van der Waals surface area contributed by atoms with E-state index in [4.69, 9.17) is 4.74 Å². The van der Waals surface area contributed by atoms with E-state index in [9.17, 15) is 9.59 Å². The van der Waals surface area contributed by atoms with Crippen LogP contribution in [0.1, 0.15) is 117 Å². The van der Waals surface area contributed by atoms with Crippen LogP contribution in [0.4, 0.5) is 5.69 Å². The highest BCUT2D eigenvalue weighted by molar-refractivity contribution is 7.07. The summed E-state index contributed by atoms with van der Waals surface area (Å²) < 4.78 is 8.19. The topological polar surface area (TPSA) is 59.3 Å². The molecule has 2 aromatic carbocycles. The number of halogens is 1. The van der Waals surface area contributed by atoms with E-state index in [0.29, 0.717) is 29.2 Å². The Morgan fingerprint density at radius 3 is 2.00 bits per heavy atom. The highest BCUT2D eigenvalue weighted by Crippen LogP contribution is 2.26. The zero-order chi connectivity index (χ0) is 27.7. The minimum atomic E-state index is -0.275. The molecule has 1 aromatic heterocycles. The molecule has 0 bridgehead atoms. The SMILES string of the molecule is CCCCCCCCCCCCCCOc1c(C(C)=O)cccc1C(=O)Nc1ccc(C[n+]2ccsc2)cc1.[Br-]. The van der Waals surface area contributed by atoms with Crippen LogP contribution in [0, 0.1) is 0 Å². The number of ketones is 1. The number of Topliss-reactive ketones (excluding diaryl/α,β-unsaturated/α-hetero) is 1. The fraction of sp³-hybridized carbons (Fsp3) is 0.485. The molecule has 5 nitrogen and oxygen atoms in total. The van der Waals surface area contributed by atoms with Crippen LogP contribution < -0.4 is 31.6 Å². The lowest BCUT2D eigenvalue weighted by Gasteiger charge is -2.15. The first-order valence-electron chi connectivity index (χ1n) is 14.7. The normalized spacial score (nSPS) is 10.7. The van der Waals surface area contributed by atoms with Gasteiger partial charge < -0.3 is 27.0 Å². The number of para-hydroxylation sites is 1. The van der Waals surface area contributed by atoms with Crippen molar-refractivity contribution >= 4 is 28.7 Å². The van der Waals surface area contributed by atoms with Gasteiger partial charge in [-0.25, -0.2) is 0 Å². The molecule has 3 aromatic rings. The van der Waals surface area contributed by atoms with Gasteiger partial charge in [0.25, 0.3) is 5.91 Å². The van der Waals surface area contributed by atoms with Crippen LogP contribution in [0.25, 0.3) is 0 Å². The van der Waals surface area contributed by atoms with E-state index in [1.54, 1.807) is 29.5 Å². The first-order chi connectivity index (χ1) is 19.1. The van der Waals surface area contributed by atoms with Gasteiger partial charge in [0.1, 0.15) is 5.75 Å². The van der Waals surface area contributed by atoms with Gasteiger partial charge in [0, 0.05) is 11.3 Å². The third-order valence-corrected chi connectivity index (χ3v) is 7.66. The van der Waals surface area contributed by atoms with Crippen molar-refractivity contribution in [1.29, 1.82) is 0 Å². The Kier molecular flexibility index (Phi) is 16.5. The first kappa shape index (κ1) is 33.7. The highest BCUT2D eigenvalue weighted by Gasteiger charge is 2.19. The molecule has 40 heavy (non-hydrogen) atoms. The summed E-state index contributed by atoms with van der Waals surface area (Å²) in [6, 6.07) is 13.0. The Hall–Kier alpha value is -2.51. The van der Waals surface area contributed by atoms with Crippen molar-refractivity contribution in [3.8, 4) is 5.75 Å². The van der Waals surface area contributed by atoms with E-state index < -0.39 is 0 Å². The summed E-state index contributed by atoms with van der Waals surface area (Å²) in [7, 11) is 0. The number of aromatic nitrogens is 1. The Morgan fingerprint density at radius 2 is 1.43 bits per heavy atom. The standard InChI is InChI=1S/C33H44N2O3S.BrH/c1-3-4-5-6-7-8-9-10-11-12-13-14-23-38-32-30(27(2)36)16-15-17-31(32)33(37)34-29-20-18-28(19-21-29)25-35-22-24-39-26-35;/h15-22,24,26H,3-14,23,25H2,1-2H3;1H. The molecule has 3 rings (SSSR count). The molecular formula is C33H45BrN2O3S. The monoisotopic (exact) mass is 628 g/mol. The number of benzene rings is 2. The van der Waals surface area contributed by atoms with Crippen molar-refractivity contribution in [1.82, 2.24) is 0 Å². The molecule has 1 amide bonds. The van der Waals surface area contributed by atoms with Gasteiger partial charge in [-0.1, -0.05) is 107 Å². The summed E-state index contributed by atoms with van der Waals surface area (Å²) in [5.41, 5.74) is 4.76. The second-order valence-electron chi connectivity index (χ2n) is 10.3. The number of amides is 1. The zero-order valence-corrected chi connectivity index (χ0v) is 26.5. The maximum absolute atomic E-state index is 13.2. The summed E-state index contributed by atoms with van der Waals surface area (Å²) >= 11 is 1.66. The van der Waals surface area contributed by atoms with E-state index in [-0.39, 0.29) is 28.7 Å². The van der Waals surface area contributed by atoms with Gasteiger partial charge in [-0.2, -0.15) is 4.57 Å². The van der Waals surface area contributed by atoms with E-state index >= 15 is 0 Å². The fourth-order valence-corrected chi connectivity index (χ4v) is 5.32. The molecule has 0 aliphatic heterocycles. The quantitative estimate of drug-likeness (QED) is 0.106. The molecule has 0 radical (unpaired) electrons. The molecule has 1 N–H and O–H groups in total. The van der Waals surface area contributed by atoms with E-state index in [1.807, 2.05) is 35.8 Å². The predicted octanol–water partition coefficient (Wildman–Crippen LogP) is 5.62. The Balaban J connectivity index is 0.00000560. The summed E-state index contributed by atoms with van der Waals surface area (Å²) in [4.78, 5) is 25.5. The number of hydrogen-bond acceptors (Lipinski definition) is 4. The second kappa shape index (κ2) is 19.5. The minimum Gasteiger partial charge on any atom is -1.00 e. The van der Waals surface area contributed by atoms with Gasteiger partial charge in [0.05, 0.1) is 23.1 Å². The molecule has 0 saturated carbocycles. The third-order valence-electron chi connectivity index (χ3n) is 6.99. The molecule has 0 fully saturated rings. The summed E-state index contributed by atoms with van der Waals surface area (Å²) in [5, 5.41) is 5.01. The van der Waals surface area contributed by atoms with Crippen LogP contribution in [0.2, 0.25) is 0 Å². The summed E-state index contributed by atoms with van der Waals surface area (Å²) in [6.45, 7) is 5.06. The number of unbranched alkanes of at least 4 members (excludes halogenated alkanes) is 11. The molecule has 1 heterocycles. The first-order valence-corrected chi connectivity index (χ1v) is 15.6. The highest BCUT2D eigenvalue weighted by atomic mass is 79.9. The van der Waals surface area contributed by atoms with Crippen molar-refractivity contribution in [2.24, 2.45) is 0 Å². The molecule has 7 heteroatoms. The number of nitrogens with one attached hydrogen (secondary N) is 1. The molecule has 0 aliphatic rings. The molecular weight excluding hydrogens is 584 g/mol. The number of rotatable bonds is 19. The Morgan fingerprint density at radius 1 is 0.825 bits per heavy atom. The van der Waals surface area contributed by atoms with Gasteiger partial charge >= 0.3 is 0 Å². The lowest BCUT2D eigenvalue weighted by molar-refractivity contribution is -0.683. The van der Waals surface area contributed by atoms with E-state index in [1.165, 1.54) is 71.1 Å². The lowest BCUT2D eigenvalue weighted by Crippen LogP contribution is -3.00. The van der Waals surface area contributed by atoms with E-state index in [0.717, 1.165) is 24.9 Å². The van der Waals surface area contributed by atoms with Crippen molar-refractivity contribution in [2.75, 3.05) is 11.9 Å². The fourth-order valence-electron chi connectivity index (χ4n) is 4.72. The van der Waals surface area contributed by atoms with Crippen molar-refractivity contribution in [2.45, 2.75) is 97.4 Å². The van der Waals surface area contributed by atoms with E-state index in [2.05, 4.69) is 22.3 Å². The average Bonchev–Trinajstić information content (AvgIpc) is 3.45. The van der Waals surface area contributed by atoms with Crippen LogP contribution in [-0.2, 0) is 6.54 Å². The summed E-state index contributed by atoms with van der Waals surface area (Å²) in [5.74, 6) is 0.00318. The van der Waals surface area contributed by atoms with Gasteiger partial charge in [0.15, 0.2) is 18.5 Å². The van der Waals surface area contributed by atoms with Gasteiger partial charge in [0.2, 0.25) is 5.51 Å². The van der Waals surface area contributed by atoms with Crippen LogP contribution in [-0.4, -0.2) is 18.3 Å². The maximum Gasteiger partial charge on any atom is 0.259 e. The van der Waals surface area contributed by atoms with Crippen LogP contribution in [0.15, 0.2) is 59.6 Å². The molecule has 0 unspecified atom stereocenters. The van der Waals surface area contributed by atoms with Gasteiger partial charge in [-0.3, -0.25) is 9.59 Å². The number of carbonyl (C=O) groups is 2. The maximum atomic E-state index is 13.2. The van der Waals surface area contributed by atoms with Gasteiger partial charge in [-0.15, -0.1) is 0 Å². The molecule has 0 aliphatic carbocycles. The minimum absolute atomic E-state index is 0. The number of ether oxygens (including phenoxy) is 1. The van der Waals surface area contributed by atoms with Crippen LogP contribution >= 0.6 is 11.3 Å². The smallest absolute Gasteiger partial charge is 0.259 e. The molecule has 0 atom stereocenters. The lowest BCUT2D eigenvalue weighted by atomic mass is 10.0.